The largest absolute Gasteiger partial charge is 0.497 e. The third-order valence-corrected chi connectivity index (χ3v) is 6.67. The van der Waals surface area contributed by atoms with E-state index in [4.69, 9.17) is 23.4 Å². The summed E-state index contributed by atoms with van der Waals surface area (Å²) in [6, 6.07) is 9.71. The van der Waals surface area contributed by atoms with Crippen molar-refractivity contribution in [3.63, 3.8) is 0 Å². The molecule has 0 N–H and O–H groups in total. The second-order valence-electron chi connectivity index (χ2n) is 8.50. The number of fused-ring (bicyclic) bond motifs is 2. The van der Waals surface area contributed by atoms with Gasteiger partial charge < -0.3 is 28.3 Å². The minimum absolute atomic E-state index is 0.0487. The zero-order valence-corrected chi connectivity index (χ0v) is 20.0. The van der Waals surface area contributed by atoms with E-state index in [0.717, 1.165) is 13.1 Å². The van der Waals surface area contributed by atoms with Gasteiger partial charge in [0.05, 0.1) is 51.5 Å². The second kappa shape index (κ2) is 9.59. The number of rotatable bonds is 7. The number of methoxy groups -OCH3 is 3. The van der Waals surface area contributed by atoms with Gasteiger partial charge in [-0.25, -0.2) is 0 Å². The maximum absolute atomic E-state index is 13.8. The number of nitrogens with zero attached hydrogens (tertiary/aromatic N) is 2. The van der Waals surface area contributed by atoms with Crippen LogP contribution < -0.4 is 19.6 Å². The van der Waals surface area contributed by atoms with Gasteiger partial charge >= 0.3 is 0 Å². The molecule has 2 aliphatic rings. The molecule has 0 saturated carbocycles. The van der Waals surface area contributed by atoms with Crippen LogP contribution in [-0.2, 0) is 4.74 Å². The van der Waals surface area contributed by atoms with Gasteiger partial charge in [0.25, 0.3) is 5.91 Å². The topological polar surface area (TPSA) is 90.7 Å². The molecule has 1 atom stereocenters. The molecule has 3 aromatic rings. The summed E-state index contributed by atoms with van der Waals surface area (Å²) >= 11 is 0. The molecule has 0 radical (unpaired) electrons. The fourth-order valence-electron chi connectivity index (χ4n) is 4.81. The molecule has 184 valence electrons. The monoisotopic (exact) mass is 480 g/mol. The number of benzene rings is 2. The second-order valence-corrected chi connectivity index (χ2v) is 8.50. The Balaban J connectivity index is 1.66. The molecule has 5 rings (SSSR count). The highest BCUT2D eigenvalue weighted by atomic mass is 16.5. The highest BCUT2D eigenvalue weighted by molar-refractivity contribution is 5.99. The van der Waals surface area contributed by atoms with Crippen LogP contribution in [-0.4, -0.2) is 76.4 Å². The summed E-state index contributed by atoms with van der Waals surface area (Å²) in [6.45, 7) is 3.97. The van der Waals surface area contributed by atoms with Gasteiger partial charge in [-0.05, 0) is 30.3 Å². The number of hydrogen-bond donors (Lipinski definition) is 0. The van der Waals surface area contributed by atoms with Gasteiger partial charge in [0.1, 0.15) is 22.8 Å². The van der Waals surface area contributed by atoms with Crippen LogP contribution in [0.5, 0.6) is 17.2 Å². The molecule has 1 fully saturated rings. The molecule has 1 aromatic heterocycles. The average molecular weight is 481 g/mol. The Hall–Kier alpha value is -3.56. The fourth-order valence-corrected chi connectivity index (χ4v) is 4.81. The lowest BCUT2D eigenvalue weighted by atomic mass is 9.97. The summed E-state index contributed by atoms with van der Waals surface area (Å²) < 4.78 is 27.9. The predicted octanol–water partition coefficient (Wildman–Crippen LogP) is 2.70. The Labute approximate surface area is 202 Å². The number of carbonyl (C=O) groups is 1. The molecule has 1 amide bonds. The van der Waals surface area contributed by atoms with Crippen molar-refractivity contribution in [2.24, 2.45) is 0 Å². The van der Waals surface area contributed by atoms with E-state index in [2.05, 4.69) is 4.90 Å². The molecule has 0 aliphatic carbocycles. The number of ether oxygens (including phenoxy) is 4. The van der Waals surface area contributed by atoms with Gasteiger partial charge in [-0.1, -0.05) is 0 Å². The van der Waals surface area contributed by atoms with E-state index < -0.39 is 6.04 Å². The number of hydrogen-bond acceptors (Lipinski definition) is 8. The van der Waals surface area contributed by atoms with E-state index in [-0.39, 0.29) is 17.1 Å². The molecule has 0 spiro atoms. The van der Waals surface area contributed by atoms with Crippen molar-refractivity contribution in [1.29, 1.82) is 0 Å². The standard InChI is InChI=1S/C26H28N2O7/c1-31-16-5-7-20(33-3)19(14-16)23-22-24(29)18-6-4-17(32-2)15-21(18)35-25(22)26(30)28(23)9-8-27-10-12-34-13-11-27/h4-7,14-15,23H,8-13H2,1-3H3/t23-/m1/s1. The number of carbonyl (C=O) groups excluding carboxylic acids is 1. The predicted molar refractivity (Wildman–Crippen MR) is 129 cm³/mol. The SMILES string of the molecule is COc1ccc(OC)c([C@@H]2c3c(oc4cc(OC)ccc4c3=O)C(=O)N2CCN2CCOCC2)c1. The zero-order valence-electron chi connectivity index (χ0n) is 20.0. The summed E-state index contributed by atoms with van der Waals surface area (Å²) in [5, 5.41) is 0.388. The van der Waals surface area contributed by atoms with Gasteiger partial charge in [0.15, 0.2) is 5.43 Å². The van der Waals surface area contributed by atoms with Crippen LogP contribution in [0, 0.1) is 0 Å². The van der Waals surface area contributed by atoms with Crippen LogP contribution in [0.25, 0.3) is 11.0 Å². The van der Waals surface area contributed by atoms with Crippen molar-refractivity contribution in [2.45, 2.75) is 6.04 Å². The highest BCUT2D eigenvalue weighted by Crippen LogP contribution is 2.42. The number of morpholine rings is 1. The molecule has 9 nitrogen and oxygen atoms in total. The third kappa shape index (κ3) is 4.11. The highest BCUT2D eigenvalue weighted by Gasteiger charge is 2.44. The van der Waals surface area contributed by atoms with E-state index in [1.54, 1.807) is 49.5 Å². The lowest BCUT2D eigenvalue weighted by Crippen LogP contribution is -2.42. The molecule has 35 heavy (non-hydrogen) atoms. The molecule has 3 heterocycles. The van der Waals surface area contributed by atoms with E-state index >= 15 is 0 Å². The minimum atomic E-state index is -0.675. The Morgan fingerprint density at radius 1 is 0.914 bits per heavy atom. The van der Waals surface area contributed by atoms with Crippen LogP contribution >= 0.6 is 0 Å². The summed E-state index contributed by atoms with van der Waals surface area (Å²) in [7, 11) is 4.68. The van der Waals surface area contributed by atoms with Crippen molar-refractivity contribution < 1.29 is 28.2 Å². The first-order chi connectivity index (χ1) is 17.0. The van der Waals surface area contributed by atoms with E-state index in [1.807, 2.05) is 6.07 Å². The van der Waals surface area contributed by atoms with Gasteiger partial charge in [0.2, 0.25) is 5.76 Å². The third-order valence-electron chi connectivity index (χ3n) is 6.67. The first-order valence-corrected chi connectivity index (χ1v) is 11.5. The first kappa shape index (κ1) is 23.2. The van der Waals surface area contributed by atoms with E-state index in [9.17, 15) is 9.59 Å². The molecule has 2 aliphatic heterocycles. The molecule has 0 bridgehead atoms. The Morgan fingerprint density at radius 3 is 2.34 bits per heavy atom. The fraction of sp³-hybridized carbons (Fsp3) is 0.385. The van der Waals surface area contributed by atoms with Gasteiger partial charge in [-0.2, -0.15) is 0 Å². The molecular formula is C26H28N2O7. The summed E-state index contributed by atoms with van der Waals surface area (Å²) in [4.78, 5) is 31.4. The van der Waals surface area contributed by atoms with Crippen molar-refractivity contribution in [3.8, 4) is 17.2 Å². The molecule has 1 saturated heterocycles. The maximum atomic E-state index is 13.8. The first-order valence-electron chi connectivity index (χ1n) is 11.5. The Bertz CT molecular complexity index is 1310. The quantitative estimate of drug-likeness (QED) is 0.510. The van der Waals surface area contributed by atoms with Crippen molar-refractivity contribution in [2.75, 3.05) is 60.7 Å². The Morgan fingerprint density at radius 2 is 1.63 bits per heavy atom. The maximum Gasteiger partial charge on any atom is 0.290 e. The summed E-state index contributed by atoms with van der Waals surface area (Å²) in [6.07, 6.45) is 0. The minimum Gasteiger partial charge on any atom is -0.497 e. The smallest absolute Gasteiger partial charge is 0.290 e. The lowest BCUT2D eigenvalue weighted by molar-refractivity contribution is 0.0314. The van der Waals surface area contributed by atoms with E-state index in [0.29, 0.717) is 65.6 Å². The van der Waals surface area contributed by atoms with Crippen molar-refractivity contribution >= 4 is 16.9 Å². The van der Waals surface area contributed by atoms with Crippen LogP contribution in [0.2, 0.25) is 0 Å². The summed E-state index contributed by atoms with van der Waals surface area (Å²) in [5.41, 5.74) is 1.04. The van der Waals surface area contributed by atoms with E-state index in [1.165, 1.54) is 7.11 Å². The van der Waals surface area contributed by atoms with Gasteiger partial charge in [-0.3, -0.25) is 14.5 Å². The molecular weight excluding hydrogens is 452 g/mol. The molecule has 9 heteroatoms. The molecule has 0 unspecified atom stereocenters. The molecule has 2 aromatic carbocycles. The van der Waals surface area contributed by atoms with Crippen LogP contribution in [0.3, 0.4) is 0 Å². The van der Waals surface area contributed by atoms with Crippen molar-refractivity contribution in [1.82, 2.24) is 9.80 Å². The van der Waals surface area contributed by atoms with Crippen LogP contribution in [0.4, 0.5) is 0 Å². The average Bonchev–Trinajstić information content (AvgIpc) is 3.18. The van der Waals surface area contributed by atoms with Gasteiger partial charge in [-0.15, -0.1) is 0 Å². The zero-order chi connectivity index (χ0) is 24.5. The van der Waals surface area contributed by atoms with Crippen LogP contribution in [0.15, 0.2) is 45.6 Å². The van der Waals surface area contributed by atoms with Crippen LogP contribution in [0.1, 0.15) is 27.7 Å². The normalized spacial score (nSPS) is 18.1. The van der Waals surface area contributed by atoms with Crippen molar-refractivity contribution in [3.05, 3.63) is 63.5 Å². The lowest BCUT2D eigenvalue weighted by Gasteiger charge is -2.31. The number of amides is 1. The Kier molecular flexibility index (Phi) is 6.36. The van der Waals surface area contributed by atoms with Gasteiger partial charge in [0, 0.05) is 37.8 Å². The summed E-state index contributed by atoms with van der Waals surface area (Å²) in [5.74, 6) is 1.42.